The lowest BCUT2D eigenvalue weighted by Crippen LogP contribution is -2.08. The predicted molar refractivity (Wildman–Crippen MR) is 127 cm³/mol. The van der Waals surface area contributed by atoms with E-state index in [4.69, 9.17) is 14.0 Å². The zero-order chi connectivity index (χ0) is 22.4. The van der Waals surface area contributed by atoms with Crippen LogP contribution in [0.2, 0.25) is 0 Å². The molecular weight excluding hydrogens is 412 g/mol. The summed E-state index contributed by atoms with van der Waals surface area (Å²) < 4.78 is 41.5. The zero-order valence-corrected chi connectivity index (χ0v) is 19.4. The molecule has 172 valence electrons. The maximum atomic E-state index is 10.7. The molecule has 0 saturated heterocycles. The summed E-state index contributed by atoms with van der Waals surface area (Å²) in [6.07, 6.45) is 10.6. The van der Waals surface area contributed by atoms with E-state index in [1.54, 1.807) is 0 Å². The van der Waals surface area contributed by atoms with Crippen LogP contribution in [-0.4, -0.2) is 31.9 Å². The lowest BCUT2D eigenvalue weighted by Gasteiger charge is -2.09. The van der Waals surface area contributed by atoms with Gasteiger partial charge in [-0.1, -0.05) is 76.1 Å². The maximum absolute atomic E-state index is 10.7. The van der Waals surface area contributed by atoms with Crippen LogP contribution in [0.15, 0.2) is 48.5 Å². The fraction of sp³-hybridized carbons (Fsp3) is 0.520. The molecule has 0 aliphatic rings. The van der Waals surface area contributed by atoms with E-state index in [1.807, 2.05) is 48.5 Å². The molecule has 0 fully saturated rings. The number of unbranched alkanes of at least 4 members (excludes halogenated alkanes) is 7. The molecule has 0 heterocycles. The van der Waals surface area contributed by atoms with Crippen LogP contribution in [0.3, 0.4) is 0 Å². The van der Waals surface area contributed by atoms with E-state index in [0.717, 1.165) is 29.9 Å². The predicted octanol–water partition coefficient (Wildman–Crippen LogP) is 6.53. The summed E-state index contributed by atoms with van der Waals surface area (Å²) in [5.41, 5.74) is 2.16. The highest BCUT2D eigenvalue weighted by Crippen LogP contribution is 2.25. The average molecular weight is 449 g/mol. The molecule has 0 unspecified atom stereocenters. The SMILES string of the molecule is CCCCCCCCCCOc1ccc(-c2ccc(OCCCS(=O)(=O)O)cc2)cc1. The summed E-state index contributed by atoms with van der Waals surface area (Å²) in [4.78, 5) is 0. The average Bonchev–Trinajstić information content (AvgIpc) is 2.76. The molecule has 0 saturated carbocycles. The molecule has 6 heteroatoms. The van der Waals surface area contributed by atoms with Crippen LogP contribution in [0.5, 0.6) is 11.5 Å². The minimum absolute atomic E-state index is 0.240. The molecule has 0 atom stereocenters. The Morgan fingerprint density at radius 3 is 1.52 bits per heavy atom. The highest BCUT2D eigenvalue weighted by atomic mass is 32.2. The Balaban J connectivity index is 1.66. The van der Waals surface area contributed by atoms with Gasteiger partial charge in [0.1, 0.15) is 11.5 Å². The Bertz CT molecular complexity index is 829. The van der Waals surface area contributed by atoms with E-state index in [2.05, 4.69) is 6.92 Å². The second-order valence-corrected chi connectivity index (χ2v) is 9.43. The van der Waals surface area contributed by atoms with E-state index in [-0.39, 0.29) is 18.8 Å². The van der Waals surface area contributed by atoms with E-state index >= 15 is 0 Å². The largest absolute Gasteiger partial charge is 0.494 e. The Morgan fingerprint density at radius 1 is 0.645 bits per heavy atom. The molecule has 0 radical (unpaired) electrons. The molecule has 0 spiro atoms. The number of benzene rings is 2. The summed E-state index contributed by atoms with van der Waals surface area (Å²) >= 11 is 0. The third-order valence-electron chi connectivity index (χ3n) is 5.12. The van der Waals surface area contributed by atoms with Gasteiger partial charge in [0.15, 0.2) is 0 Å². The first kappa shape index (κ1) is 25.2. The van der Waals surface area contributed by atoms with Gasteiger partial charge in [0.05, 0.1) is 19.0 Å². The summed E-state index contributed by atoms with van der Waals surface area (Å²) in [5, 5.41) is 0. The van der Waals surface area contributed by atoms with Crippen molar-refractivity contribution in [3.8, 4) is 22.6 Å². The summed E-state index contributed by atoms with van der Waals surface area (Å²) in [5.74, 6) is 1.27. The fourth-order valence-corrected chi connectivity index (χ4v) is 3.83. The Kier molecular flexibility index (Phi) is 11.5. The van der Waals surface area contributed by atoms with Gasteiger partial charge in [-0.3, -0.25) is 4.55 Å². The molecule has 31 heavy (non-hydrogen) atoms. The van der Waals surface area contributed by atoms with Crippen molar-refractivity contribution in [1.29, 1.82) is 0 Å². The smallest absolute Gasteiger partial charge is 0.264 e. The van der Waals surface area contributed by atoms with Gasteiger partial charge >= 0.3 is 0 Å². The number of hydrogen-bond acceptors (Lipinski definition) is 4. The van der Waals surface area contributed by atoms with Crippen LogP contribution in [0.25, 0.3) is 11.1 Å². The van der Waals surface area contributed by atoms with Crippen molar-refractivity contribution in [2.45, 2.75) is 64.7 Å². The lowest BCUT2D eigenvalue weighted by atomic mass is 10.1. The molecule has 0 aliphatic carbocycles. The molecular formula is C25H36O5S. The first-order chi connectivity index (χ1) is 15.0. The van der Waals surface area contributed by atoms with Crippen molar-refractivity contribution in [3.63, 3.8) is 0 Å². The van der Waals surface area contributed by atoms with Crippen LogP contribution in [0.4, 0.5) is 0 Å². The molecule has 0 bridgehead atoms. The summed E-state index contributed by atoms with van der Waals surface area (Å²) in [7, 11) is -3.93. The quantitative estimate of drug-likeness (QED) is 0.233. The third kappa shape index (κ3) is 11.2. The van der Waals surface area contributed by atoms with Gasteiger partial charge in [-0.25, -0.2) is 0 Å². The van der Waals surface area contributed by atoms with Gasteiger partial charge in [-0.05, 0) is 48.2 Å². The van der Waals surface area contributed by atoms with Crippen LogP contribution in [-0.2, 0) is 10.1 Å². The first-order valence-corrected chi connectivity index (χ1v) is 13.0. The summed E-state index contributed by atoms with van der Waals surface area (Å²) in [6.45, 7) is 3.25. The second-order valence-electron chi connectivity index (χ2n) is 7.86. The van der Waals surface area contributed by atoms with E-state index in [1.165, 1.54) is 44.9 Å². The van der Waals surface area contributed by atoms with Crippen LogP contribution in [0.1, 0.15) is 64.7 Å². The zero-order valence-electron chi connectivity index (χ0n) is 18.6. The van der Waals surface area contributed by atoms with Gasteiger partial charge in [-0.2, -0.15) is 8.42 Å². The Morgan fingerprint density at radius 2 is 1.06 bits per heavy atom. The molecule has 0 aromatic heterocycles. The molecule has 0 amide bonds. The van der Waals surface area contributed by atoms with Gasteiger partial charge < -0.3 is 9.47 Å². The second kappa shape index (κ2) is 14.1. The summed E-state index contributed by atoms with van der Waals surface area (Å²) in [6, 6.07) is 15.7. The fourth-order valence-electron chi connectivity index (χ4n) is 3.34. The van der Waals surface area contributed by atoms with Crippen molar-refractivity contribution < 1.29 is 22.4 Å². The van der Waals surface area contributed by atoms with Gasteiger partial charge in [0, 0.05) is 0 Å². The van der Waals surface area contributed by atoms with Crippen LogP contribution in [0, 0.1) is 0 Å². The molecule has 2 aromatic carbocycles. The highest BCUT2D eigenvalue weighted by molar-refractivity contribution is 7.85. The Labute approximate surface area is 187 Å². The molecule has 2 aromatic rings. The van der Waals surface area contributed by atoms with E-state index < -0.39 is 10.1 Å². The van der Waals surface area contributed by atoms with Crippen LogP contribution < -0.4 is 9.47 Å². The van der Waals surface area contributed by atoms with Crippen molar-refractivity contribution in [2.24, 2.45) is 0 Å². The molecule has 5 nitrogen and oxygen atoms in total. The Hall–Kier alpha value is -2.05. The molecule has 1 N–H and O–H groups in total. The maximum Gasteiger partial charge on any atom is 0.264 e. The van der Waals surface area contributed by atoms with Crippen molar-refractivity contribution >= 4 is 10.1 Å². The number of hydrogen-bond donors (Lipinski definition) is 1. The van der Waals surface area contributed by atoms with E-state index in [0.29, 0.717) is 5.75 Å². The topological polar surface area (TPSA) is 72.8 Å². The minimum atomic E-state index is -3.93. The monoisotopic (exact) mass is 448 g/mol. The van der Waals surface area contributed by atoms with Gasteiger partial charge in [-0.15, -0.1) is 0 Å². The van der Waals surface area contributed by atoms with Crippen molar-refractivity contribution in [1.82, 2.24) is 0 Å². The minimum Gasteiger partial charge on any atom is -0.494 e. The van der Waals surface area contributed by atoms with Crippen LogP contribution >= 0.6 is 0 Å². The van der Waals surface area contributed by atoms with Crippen molar-refractivity contribution in [3.05, 3.63) is 48.5 Å². The normalized spacial score (nSPS) is 11.4. The molecule has 0 aliphatic heterocycles. The van der Waals surface area contributed by atoms with Gasteiger partial charge in [0.2, 0.25) is 0 Å². The third-order valence-corrected chi connectivity index (χ3v) is 5.93. The molecule has 2 rings (SSSR count). The van der Waals surface area contributed by atoms with Crippen molar-refractivity contribution in [2.75, 3.05) is 19.0 Å². The number of ether oxygens (including phenoxy) is 2. The highest BCUT2D eigenvalue weighted by Gasteiger charge is 2.04. The van der Waals surface area contributed by atoms with E-state index in [9.17, 15) is 8.42 Å². The number of rotatable bonds is 16. The standard InChI is InChI=1S/C25H36O5S/c1-2-3-4-5-6-7-8-9-19-29-24-15-11-22(12-16-24)23-13-17-25(18-14-23)30-20-10-21-31(26,27)28/h11-18H,2-10,19-21H2,1H3,(H,26,27,28). The van der Waals surface area contributed by atoms with Gasteiger partial charge in [0.25, 0.3) is 10.1 Å². The lowest BCUT2D eigenvalue weighted by molar-refractivity contribution is 0.304. The first-order valence-electron chi connectivity index (χ1n) is 11.4.